The molecule has 2 N–H and O–H groups in total. The lowest BCUT2D eigenvalue weighted by atomic mass is 9.94. The lowest BCUT2D eigenvalue weighted by Crippen LogP contribution is -2.19. The third-order valence-electron chi connectivity index (χ3n) is 3.67. The molecular formula is C17H19NO2. The summed E-state index contributed by atoms with van der Waals surface area (Å²) in [5.41, 5.74) is 7.99. The van der Waals surface area contributed by atoms with Crippen LogP contribution < -0.4 is 15.2 Å². The molecular weight excluding hydrogens is 250 g/mol. The van der Waals surface area contributed by atoms with E-state index in [9.17, 15) is 0 Å². The lowest BCUT2D eigenvalue weighted by Gasteiger charge is -2.25. The molecule has 20 heavy (non-hydrogen) atoms. The molecule has 0 saturated heterocycles. The van der Waals surface area contributed by atoms with E-state index in [1.165, 1.54) is 5.56 Å². The van der Waals surface area contributed by atoms with Gasteiger partial charge in [0, 0.05) is 18.0 Å². The molecule has 0 fully saturated rings. The smallest absolute Gasteiger partial charge is 0.122 e. The minimum atomic E-state index is 0.390. The van der Waals surface area contributed by atoms with Gasteiger partial charge in [-0.05, 0) is 30.2 Å². The summed E-state index contributed by atoms with van der Waals surface area (Å²) in [5.74, 6) is 2.27. The molecule has 0 bridgehead atoms. The van der Waals surface area contributed by atoms with Crippen LogP contribution in [0.4, 0.5) is 0 Å². The topological polar surface area (TPSA) is 44.5 Å². The maximum atomic E-state index is 5.93. The molecule has 0 amide bonds. The average Bonchev–Trinajstić information content (AvgIpc) is 2.53. The zero-order valence-corrected chi connectivity index (χ0v) is 11.4. The summed E-state index contributed by atoms with van der Waals surface area (Å²) in [4.78, 5) is 0. The van der Waals surface area contributed by atoms with Gasteiger partial charge in [0.15, 0.2) is 0 Å². The van der Waals surface area contributed by atoms with Crippen molar-refractivity contribution in [1.29, 1.82) is 0 Å². The number of para-hydroxylation sites is 1. The molecule has 2 aromatic rings. The van der Waals surface area contributed by atoms with E-state index >= 15 is 0 Å². The van der Waals surface area contributed by atoms with Gasteiger partial charge in [-0.25, -0.2) is 0 Å². The Bertz CT molecular complexity index is 583. The van der Waals surface area contributed by atoms with Gasteiger partial charge in [-0.2, -0.15) is 0 Å². The van der Waals surface area contributed by atoms with Gasteiger partial charge in [0.05, 0.1) is 13.2 Å². The van der Waals surface area contributed by atoms with Crippen molar-refractivity contribution in [3.05, 3.63) is 59.7 Å². The largest absolute Gasteiger partial charge is 0.493 e. The van der Waals surface area contributed by atoms with Crippen LogP contribution in [-0.4, -0.2) is 13.2 Å². The molecule has 1 heterocycles. The first-order chi connectivity index (χ1) is 9.86. The number of ether oxygens (including phenoxy) is 2. The summed E-state index contributed by atoms with van der Waals surface area (Å²) in [7, 11) is 0. The molecule has 0 aromatic heterocycles. The molecule has 0 saturated carbocycles. The Hall–Kier alpha value is -2.00. The van der Waals surface area contributed by atoms with Crippen LogP contribution >= 0.6 is 0 Å². The van der Waals surface area contributed by atoms with Crippen molar-refractivity contribution in [2.24, 2.45) is 5.73 Å². The van der Waals surface area contributed by atoms with E-state index in [2.05, 4.69) is 12.1 Å². The van der Waals surface area contributed by atoms with Crippen LogP contribution in [0.1, 0.15) is 23.5 Å². The summed E-state index contributed by atoms with van der Waals surface area (Å²) in [6.07, 6.45) is 0.994. The van der Waals surface area contributed by atoms with Gasteiger partial charge in [-0.1, -0.05) is 30.3 Å². The normalized spacial score (nSPS) is 17.1. The van der Waals surface area contributed by atoms with Gasteiger partial charge < -0.3 is 15.2 Å². The minimum Gasteiger partial charge on any atom is -0.493 e. The Morgan fingerprint density at radius 1 is 1.15 bits per heavy atom. The molecule has 1 aliphatic rings. The van der Waals surface area contributed by atoms with Crippen molar-refractivity contribution in [1.82, 2.24) is 0 Å². The third-order valence-corrected chi connectivity index (χ3v) is 3.67. The molecule has 104 valence electrons. The van der Waals surface area contributed by atoms with Crippen molar-refractivity contribution in [3.8, 4) is 11.5 Å². The van der Waals surface area contributed by atoms with E-state index in [1.54, 1.807) is 0 Å². The highest BCUT2D eigenvalue weighted by Gasteiger charge is 2.21. The van der Waals surface area contributed by atoms with Crippen LogP contribution in [0.2, 0.25) is 0 Å². The highest BCUT2D eigenvalue weighted by Crippen LogP contribution is 2.33. The van der Waals surface area contributed by atoms with E-state index < -0.39 is 0 Å². The standard InChI is InChI=1S/C17H19NO2/c18-11-13-4-3-5-15(10-13)20-12-14-8-9-19-17-7-2-1-6-16(14)17/h1-7,10,14H,8-9,11-12,18H2. The molecule has 0 radical (unpaired) electrons. The van der Waals surface area contributed by atoms with E-state index in [1.807, 2.05) is 36.4 Å². The third kappa shape index (κ3) is 2.78. The van der Waals surface area contributed by atoms with Crippen molar-refractivity contribution < 1.29 is 9.47 Å². The summed E-state index contributed by atoms with van der Waals surface area (Å²) in [6.45, 7) is 1.97. The average molecular weight is 269 g/mol. The molecule has 0 spiro atoms. The second-order valence-electron chi connectivity index (χ2n) is 5.03. The first-order valence-electron chi connectivity index (χ1n) is 7.00. The van der Waals surface area contributed by atoms with Crippen LogP contribution in [0, 0.1) is 0 Å². The summed E-state index contributed by atoms with van der Waals surface area (Å²) < 4.78 is 11.6. The van der Waals surface area contributed by atoms with Crippen molar-refractivity contribution in [2.75, 3.05) is 13.2 Å². The fourth-order valence-electron chi connectivity index (χ4n) is 2.55. The summed E-state index contributed by atoms with van der Waals surface area (Å²) in [6, 6.07) is 16.2. The predicted octanol–water partition coefficient (Wildman–Crippen LogP) is 3.09. The van der Waals surface area contributed by atoms with E-state index in [4.69, 9.17) is 15.2 Å². The molecule has 3 rings (SSSR count). The second-order valence-corrected chi connectivity index (χ2v) is 5.03. The van der Waals surface area contributed by atoms with Crippen LogP contribution in [0.25, 0.3) is 0 Å². The summed E-state index contributed by atoms with van der Waals surface area (Å²) in [5, 5.41) is 0. The Balaban J connectivity index is 1.70. The summed E-state index contributed by atoms with van der Waals surface area (Å²) >= 11 is 0. The monoisotopic (exact) mass is 269 g/mol. The second kappa shape index (κ2) is 5.97. The number of hydrogen-bond donors (Lipinski definition) is 1. The number of fused-ring (bicyclic) bond motifs is 1. The molecule has 0 aliphatic carbocycles. The van der Waals surface area contributed by atoms with E-state index in [0.717, 1.165) is 30.1 Å². The number of nitrogens with two attached hydrogens (primary N) is 1. The van der Waals surface area contributed by atoms with Gasteiger partial charge >= 0.3 is 0 Å². The Kier molecular flexibility index (Phi) is 3.88. The Labute approximate surface area is 119 Å². The molecule has 1 aliphatic heterocycles. The molecule has 3 nitrogen and oxygen atoms in total. The van der Waals surface area contributed by atoms with Crippen LogP contribution in [-0.2, 0) is 6.54 Å². The highest BCUT2D eigenvalue weighted by molar-refractivity contribution is 5.38. The van der Waals surface area contributed by atoms with Crippen LogP contribution in [0.15, 0.2) is 48.5 Å². The van der Waals surface area contributed by atoms with Crippen molar-refractivity contribution in [2.45, 2.75) is 18.9 Å². The number of rotatable bonds is 4. The van der Waals surface area contributed by atoms with Gasteiger partial charge in [-0.15, -0.1) is 0 Å². The minimum absolute atomic E-state index is 0.390. The first kappa shape index (κ1) is 13.0. The SMILES string of the molecule is NCc1cccc(OCC2CCOc3ccccc32)c1. The van der Waals surface area contributed by atoms with Gasteiger partial charge in [0.2, 0.25) is 0 Å². The van der Waals surface area contributed by atoms with Gasteiger partial charge in [-0.3, -0.25) is 0 Å². The Morgan fingerprint density at radius 2 is 2.05 bits per heavy atom. The van der Waals surface area contributed by atoms with Gasteiger partial charge in [0.1, 0.15) is 11.5 Å². The molecule has 3 heteroatoms. The fraction of sp³-hybridized carbons (Fsp3) is 0.294. The highest BCUT2D eigenvalue weighted by atomic mass is 16.5. The zero-order valence-electron chi connectivity index (χ0n) is 11.4. The van der Waals surface area contributed by atoms with Crippen molar-refractivity contribution >= 4 is 0 Å². The first-order valence-corrected chi connectivity index (χ1v) is 7.00. The quantitative estimate of drug-likeness (QED) is 0.927. The maximum Gasteiger partial charge on any atom is 0.122 e. The van der Waals surface area contributed by atoms with Crippen molar-refractivity contribution in [3.63, 3.8) is 0 Å². The van der Waals surface area contributed by atoms with E-state index in [-0.39, 0.29) is 0 Å². The number of benzene rings is 2. The van der Waals surface area contributed by atoms with Crippen LogP contribution in [0.3, 0.4) is 0 Å². The fourth-order valence-corrected chi connectivity index (χ4v) is 2.55. The van der Waals surface area contributed by atoms with Gasteiger partial charge in [0.25, 0.3) is 0 Å². The van der Waals surface area contributed by atoms with E-state index in [0.29, 0.717) is 19.1 Å². The number of hydrogen-bond acceptors (Lipinski definition) is 3. The van der Waals surface area contributed by atoms with Crippen LogP contribution in [0.5, 0.6) is 11.5 Å². The maximum absolute atomic E-state index is 5.93. The molecule has 1 atom stereocenters. The Morgan fingerprint density at radius 3 is 2.95 bits per heavy atom. The lowest BCUT2D eigenvalue weighted by molar-refractivity contribution is 0.217. The molecule has 1 unspecified atom stereocenters. The molecule has 2 aromatic carbocycles. The predicted molar refractivity (Wildman–Crippen MR) is 79.1 cm³/mol. The zero-order chi connectivity index (χ0) is 13.8.